The first-order chi connectivity index (χ1) is 14.1. The minimum absolute atomic E-state index is 0.125. The van der Waals surface area contributed by atoms with Gasteiger partial charge >= 0.3 is 5.97 Å². The Morgan fingerprint density at radius 3 is 2.38 bits per heavy atom. The van der Waals surface area contributed by atoms with Crippen molar-refractivity contribution in [3.8, 4) is 11.4 Å². The molecule has 2 aromatic carbocycles. The van der Waals surface area contributed by atoms with Crippen LogP contribution in [0.1, 0.15) is 21.9 Å². The van der Waals surface area contributed by atoms with Crippen LogP contribution < -0.4 is 10.3 Å². The summed E-state index contributed by atoms with van der Waals surface area (Å²) >= 11 is 0. The third-order valence-electron chi connectivity index (χ3n) is 4.41. The molecule has 9 heteroatoms. The summed E-state index contributed by atoms with van der Waals surface area (Å²) in [5.74, 6) is -0.0679. The first-order valence-corrected chi connectivity index (χ1v) is 8.76. The molecule has 2 aromatic heterocycles. The number of methoxy groups -OCH3 is 2. The van der Waals surface area contributed by atoms with E-state index < -0.39 is 11.5 Å². The number of rotatable bonds is 5. The smallest absolute Gasteiger partial charge is 0.376 e. The number of aromatic nitrogens is 5. The van der Waals surface area contributed by atoms with Gasteiger partial charge in [-0.1, -0.05) is 30.3 Å². The van der Waals surface area contributed by atoms with Gasteiger partial charge in [-0.3, -0.25) is 4.79 Å². The molecule has 29 heavy (non-hydrogen) atoms. The van der Waals surface area contributed by atoms with Gasteiger partial charge < -0.3 is 9.47 Å². The molecule has 0 fully saturated rings. The molecule has 0 saturated carbocycles. The Morgan fingerprint density at radius 1 is 1.00 bits per heavy atom. The van der Waals surface area contributed by atoms with Crippen molar-refractivity contribution in [3.63, 3.8) is 0 Å². The summed E-state index contributed by atoms with van der Waals surface area (Å²) in [7, 11) is 2.81. The highest BCUT2D eigenvalue weighted by Gasteiger charge is 2.23. The van der Waals surface area contributed by atoms with Crippen LogP contribution in [0.5, 0.6) is 5.75 Å². The fourth-order valence-electron chi connectivity index (χ4n) is 2.94. The quantitative estimate of drug-likeness (QED) is 0.477. The average Bonchev–Trinajstić information content (AvgIpc) is 3.16. The maximum Gasteiger partial charge on any atom is 0.376 e. The van der Waals surface area contributed by atoms with E-state index in [-0.39, 0.29) is 23.7 Å². The Hall–Kier alpha value is -4.01. The van der Waals surface area contributed by atoms with E-state index in [4.69, 9.17) is 9.47 Å². The lowest BCUT2D eigenvalue weighted by Crippen LogP contribution is -2.25. The minimum atomic E-state index is -0.741. The summed E-state index contributed by atoms with van der Waals surface area (Å²) in [6, 6.07) is 16.3. The summed E-state index contributed by atoms with van der Waals surface area (Å²) < 4.78 is 12.5. The number of carbonyl (C=O) groups excluding carboxylic acids is 1. The normalized spacial score (nSPS) is 10.8. The van der Waals surface area contributed by atoms with Crippen molar-refractivity contribution in [2.24, 2.45) is 0 Å². The molecule has 2 heterocycles. The molecule has 0 amide bonds. The second-order valence-corrected chi connectivity index (χ2v) is 6.17. The molecule has 4 rings (SSSR count). The van der Waals surface area contributed by atoms with Crippen molar-refractivity contribution in [3.05, 3.63) is 82.0 Å². The van der Waals surface area contributed by atoms with Crippen LogP contribution in [-0.2, 0) is 11.2 Å². The van der Waals surface area contributed by atoms with Crippen molar-refractivity contribution in [1.82, 2.24) is 24.4 Å². The highest BCUT2D eigenvalue weighted by Crippen LogP contribution is 2.14. The summed E-state index contributed by atoms with van der Waals surface area (Å²) in [6.07, 6.45) is 0.246. The number of para-hydroxylation sites is 1. The maximum atomic E-state index is 13.1. The lowest BCUT2D eigenvalue weighted by molar-refractivity contribution is 0.0584. The van der Waals surface area contributed by atoms with Crippen molar-refractivity contribution >= 4 is 11.7 Å². The lowest BCUT2D eigenvalue weighted by Gasteiger charge is -2.04. The van der Waals surface area contributed by atoms with Crippen molar-refractivity contribution in [2.45, 2.75) is 6.42 Å². The fraction of sp³-hybridized carbons (Fsp3) is 0.150. The monoisotopic (exact) mass is 391 g/mol. The Labute approximate surface area is 165 Å². The van der Waals surface area contributed by atoms with Gasteiger partial charge in [0.05, 0.1) is 19.9 Å². The van der Waals surface area contributed by atoms with E-state index in [9.17, 15) is 9.59 Å². The summed E-state index contributed by atoms with van der Waals surface area (Å²) in [5.41, 5.74) is 1.20. The van der Waals surface area contributed by atoms with E-state index in [1.54, 1.807) is 31.4 Å². The standard InChI is InChI=1S/C20H17N5O4/c1-28-15-10-8-13(9-11-15)12-16-18(26)24-17(19(27)29-2)23-25(20(24)22-21-16)14-6-4-3-5-7-14/h3-11H,12H2,1-2H3. The number of hydrogen-bond acceptors (Lipinski definition) is 7. The number of esters is 1. The molecule has 0 spiro atoms. The highest BCUT2D eigenvalue weighted by atomic mass is 16.5. The molecule has 0 saturated heterocycles. The van der Waals surface area contributed by atoms with E-state index in [1.165, 1.54) is 11.8 Å². The van der Waals surface area contributed by atoms with Gasteiger partial charge in [0, 0.05) is 6.42 Å². The van der Waals surface area contributed by atoms with Crippen molar-refractivity contribution in [2.75, 3.05) is 14.2 Å². The van der Waals surface area contributed by atoms with Crippen LogP contribution in [0.25, 0.3) is 11.5 Å². The number of hydrogen-bond donors (Lipinski definition) is 0. The van der Waals surface area contributed by atoms with Gasteiger partial charge in [0.25, 0.3) is 11.3 Å². The molecule has 0 aliphatic rings. The molecule has 0 radical (unpaired) electrons. The highest BCUT2D eigenvalue weighted by molar-refractivity contribution is 5.86. The number of ether oxygens (including phenoxy) is 2. The van der Waals surface area contributed by atoms with Gasteiger partial charge in [0.1, 0.15) is 11.4 Å². The fourth-order valence-corrected chi connectivity index (χ4v) is 2.94. The first kappa shape index (κ1) is 18.4. The molecule has 0 aliphatic heterocycles. The largest absolute Gasteiger partial charge is 0.497 e. The summed E-state index contributed by atoms with van der Waals surface area (Å²) in [6.45, 7) is 0. The van der Waals surface area contributed by atoms with Crippen LogP contribution in [0.2, 0.25) is 0 Å². The number of carbonyl (C=O) groups is 1. The third kappa shape index (κ3) is 3.33. The van der Waals surface area contributed by atoms with E-state index in [0.29, 0.717) is 11.4 Å². The van der Waals surface area contributed by atoms with Crippen LogP contribution in [0, 0.1) is 0 Å². The Morgan fingerprint density at radius 2 is 1.72 bits per heavy atom. The van der Waals surface area contributed by atoms with Gasteiger partial charge in [-0.15, -0.1) is 15.3 Å². The van der Waals surface area contributed by atoms with Crippen LogP contribution in [0.3, 0.4) is 0 Å². The second kappa shape index (κ2) is 7.55. The van der Waals surface area contributed by atoms with Crippen LogP contribution in [0.4, 0.5) is 0 Å². The van der Waals surface area contributed by atoms with E-state index in [1.807, 2.05) is 30.3 Å². The van der Waals surface area contributed by atoms with Crippen LogP contribution in [0.15, 0.2) is 59.4 Å². The molecule has 0 atom stereocenters. The molecule has 9 nitrogen and oxygen atoms in total. The number of benzene rings is 2. The van der Waals surface area contributed by atoms with Gasteiger partial charge in [-0.25, -0.2) is 9.20 Å². The molecular weight excluding hydrogens is 374 g/mol. The first-order valence-electron chi connectivity index (χ1n) is 8.76. The lowest BCUT2D eigenvalue weighted by atomic mass is 10.1. The van der Waals surface area contributed by atoms with E-state index in [0.717, 1.165) is 9.96 Å². The summed E-state index contributed by atoms with van der Waals surface area (Å²) in [4.78, 5) is 25.4. The van der Waals surface area contributed by atoms with Gasteiger partial charge in [-0.2, -0.15) is 4.68 Å². The maximum absolute atomic E-state index is 13.1. The molecule has 0 aliphatic carbocycles. The average molecular weight is 391 g/mol. The van der Waals surface area contributed by atoms with Gasteiger partial charge in [0.2, 0.25) is 5.82 Å². The van der Waals surface area contributed by atoms with Crippen LogP contribution in [-0.4, -0.2) is 44.6 Å². The topological polar surface area (TPSA) is 101 Å². The molecular formula is C20H17N5O4. The molecule has 0 unspecified atom stereocenters. The van der Waals surface area contributed by atoms with Crippen molar-refractivity contribution < 1.29 is 14.3 Å². The SMILES string of the molecule is COC(=O)c1nn(-c2ccccc2)c2nnc(Cc3ccc(OC)cc3)c(=O)n12. The zero-order valence-corrected chi connectivity index (χ0v) is 15.8. The molecule has 4 aromatic rings. The van der Waals surface area contributed by atoms with Gasteiger partial charge in [-0.05, 0) is 29.8 Å². The van der Waals surface area contributed by atoms with Gasteiger partial charge in [0.15, 0.2) is 0 Å². The Bertz CT molecular complexity index is 1230. The molecule has 146 valence electrons. The Kier molecular flexibility index (Phi) is 4.78. The molecule has 0 N–H and O–H groups in total. The number of nitrogens with zero attached hydrogens (tertiary/aromatic N) is 5. The number of fused-ring (bicyclic) bond motifs is 1. The predicted octanol–water partition coefficient (Wildman–Crippen LogP) is 1.66. The van der Waals surface area contributed by atoms with E-state index in [2.05, 4.69) is 15.3 Å². The summed E-state index contributed by atoms with van der Waals surface area (Å²) in [5, 5.41) is 12.5. The minimum Gasteiger partial charge on any atom is -0.497 e. The van der Waals surface area contributed by atoms with Crippen LogP contribution >= 0.6 is 0 Å². The zero-order chi connectivity index (χ0) is 20.4. The second-order valence-electron chi connectivity index (χ2n) is 6.17. The molecule has 0 bridgehead atoms. The van der Waals surface area contributed by atoms with Crippen molar-refractivity contribution in [1.29, 1.82) is 0 Å². The predicted molar refractivity (Wildman–Crippen MR) is 104 cm³/mol. The third-order valence-corrected chi connectivity index (χ3v) is 4.41. The zero-order valence-electron chi connectivity index (χ0n) is 15.8. The Balaban J connectivity index is 1.86. The van der Waals surface area contributed by atoms with E-state index >= 15 is 0 Å².